The van der Waals surface area contributed by atoms with Crippen LogP contribution >= 0.6 is 0 Å². The van der Waals surface area contributed by atoms with E-state index in [-0.39, 0.29) is 17.6 Å². The highest BCUT2D eigenvalue weighted by Gasteiger charge is 2.50. The molecule has 112 valence electrons. The van der Waals surface area contributed by atoms with Gasteiger partial charge in [0.2, 0.25) is 0 Å². The molecular formula is C14H16FN3O2S. The predicted molar refractivity (Wildman–Crippen MR) is 79.0 cm³/mol. The number of halogens is 1. The third-order valence-electron chi connectivity index (χ3n) is 4.50. The molecular weight excluding hydrogens is 293 g/mol. The van der Waals surface area contributed by atoms with Crippen LogP contribution in [0.3, 0.4) is 0 Å². The van der Waals surface area contributed by atoms with Gasteiger partial charge in [0, 0.05) is 12.2 Å². The fourth-order valence-corrected chi connectivity index (χ4v) is 5.79. The van der Waals surface area contributed by atoms with Crippen LogP contribution in [0.4, 0.5) is 10.1 Å². The zero-order valence-electron chi connectivity index (χ0n) is 11.4. The topological polar surface area (TPSA) is 61.8 Å². The first-order valence-corrected chi connectivity index (χ1v) is 8.83. The lowest BCUT2D eigenvalue weighted by Gasteiger charge is -2.26. The lowest BCUT2D eigenvalue weighted by atomic mass is 10.1. The summed E-state index contributed by atoms with van der Waals surface area (Å²) in [7, 11) is -3.19. The van der Waals surface area contributed by atoms with E-state index in [1.54, 1.807) is 6.07 Å². The standard InChI is InChI=1S/C14H16FN3O2S/c15-9-1-2-11-10(7-9)14-12(3-6-21(14,19)20)18(11)8-13-16-4-5-17-13/h1-2,7,12,14H,3-6,8H2,(H,16,17). The highest BCUT2D eigenvalue weighted by molar-refractivity contribution is 7.92. The SMILES string of the molecule is O=S1(=O)CCC2C1c1cc(F)ccc1N2CC1=NCCN1. The van der Waals surface area contributed by atoms with Crippen LogP contribution in [0.5, 0.6) is 0 Å². The van der Waals surface area contributed by atoms with Crippen molar-refractivity contribution in [2.75, 3.05) is 30.3 Å². The molecule has 5 nitrogen and oxygen atoms in total. The third kappa shape index (κ3) is 1.94. The number of aliphatic imine (C=N–C) groups is 1. The first-order chi connectivity index (χ1) is 10.1. The molecule has 0 spiro atoms. The van der Waals surface area contributed by atoms with Crippen LogP contribution in [0, 0.1) is 5.82 Å². The second kappa shape index (κ2) is 4.43. The molecule has 1 saturated heterocycles. The molecule has 3 aliphatic rings. The Morgan fingerprint density at radius 3 is 3.05 bits per heavy atom. The first kappa shape index (κ1) is 13.1. The Balaban J connectivity index is 1.78. The maximum absolute atomic E-state index is 13.6. The van der Waals surface area contributed by atoms with Crippen molar-refractivity contribution in [3.8, 4) is 0 Å². The molecule has 0 amide bonds. The van der Waals surface area contributed by atoms with Gasteiger partial charge in [-0.05, 0) is 30.2 Å². The molecule has 0 radical (unpaired) electrons. The van der Waals surface area contributed by atoms with Crippen LogP contribution in [0.15, 0.2) is 23.2 Å². The molecule has 21 heavy (non-hydrogen) atoms. The minimum atomic E-state index is -3.19. The molecule has 0 aromatic heterocycles. The predicted octanol–water partition coefficient (Wildman–Crippen LogP) is 0.876. The van der Waals surface area contributed by atoms with Crippen LogP contribution < -0.4 is 10.2 Å². The molecule has 3 aliphatic heterocycles. The summed E-state index contributed by atoms with van der Waals surface area (Å²) in [5, 5.41) is 2.62. The van der Waals surface area contributed by atoms with Crippen molar-refractivity contribution in [1.29, 1.82) is 0 Å². The van der Waals surface area contributed by atoms with E-state index >= 15 is 0 Å². The summed E-state index contributed by atoms with van der Waals surface area (Å²) < 4.78 is 38.2. The van der Waals surface area contributed by atoms with Crippen molar-refractivity contribution >= 4 is 21.4 Å². The summed E-state index contributed by atoms with van der Waals surface area (Å²) in [6.45, 7) is 2.15. The zero-order chi connectivity index (χ0) is 14.6. The van der Waals surface area contributed by atoms with Gasteiger partial charge in [0.1, 0.15) is 16.9 Å². The van der Waals surface area contributed by atoms with Crippen LogP contribution in [0.1, 0.15) is 17.2 Å². The average molecular weight is 309 g/mol. The molecule has 1 aromatic carbocycles. The summed E-state index contributed by atoms with van der Waals surface area (Å²) >= 11 is 0. The van der Waals surface area contributed by atoms with Gasteiger partial charge < -0.3 is 10.2 Å². The summed E-state index contributed by atoms with van der Waals surface area (Å²) in [6.07, 6.45) is 0.594. The summed E-state index contributed by atoms with van der Waals surface area (Å²) in [4.78, 5) is 6.45. The number of nitrogens with one attached hydrogen (secondary N) is 1. The molecule has 4 rings (SSSR count). The number of benzene rings is 1. The Bertz CT molecular complexity index is 732. The molecule has 1 N–H and O–H groups in total. The largest absolute Gasteiger partial charge is 0.370 e. The Hall–Kier alpha value is -1.63. The lowest BCUT2D eigenvalue weighted by Crippen LogP contribution is -2.40. The van der Waals surface area contributed by atoms with Crippen molar-refractivity contribution in [3.05, 3.63) is 29.6 Å². The molecule has 1 aromatic rings. The van der Waals surface area contributed by atoms with Crippen molar-refractivity contribution in [1.82, 2.24) is 5.32 Å². The Morgan fingerprint density at radius 1 is 1.43 bits per heavy atom. The van der Waals surface area contributed by atoms with E-state index in [0.29, 0.717) is 18.5 Å². The Kier molecular flexibility index (Phi) is 2.76. The number of rotatable bonds is 2. The van der Waals surface area contributed by atoms with E-state index in [0.717, 1.165) is 24.6 Å². The lowest BCUT2D eigenvalue weighted by molar-refractivity contribution is 0.584. The van der Waals surface area contributed by atoms with Crippen LogP contribution in [-0.4, -0.2) is 45.7 Å². The minimum Gasteiger partial charge on any atom is -0.370 e. The summed E-state index contributed by atoms with van der Waals surface area (Å²) in [5.41, 5.74) is 1.43. The van der Waals surface area contributed by atoms with Gasteiger partial charge >= 0.3 is 0 Å². The van der Waals surface area contributed by atoms with Gasteiger partial charge in [-0.1, -0.05) is 0 Å². The van der Waals surface area contributed by atoms with Gasteiger partial charge in [-0.15, -0.1) is 0 Å². The zero-order valence-corrected chi connectivity index (χ0v) is 12.2. The normalized spacial score (nSPS) is 29.0. The van der Waals surface area contributed by atoms with E-state index in [2.05, 4.69) is 15.2 Å². The summed E-state index contributed by atoms with van der Waals surface area (Å²) in [5.74, 6) is 0.678. The van der Waals surface area contributed by atoms with Crippen LogP contribution in [0.25, 0.3) is 0 Å². The molecule has 1 fully saturated rings. The van der Waals surface area contributed by atoms with E-state index in [1.807, 2.05) is 0 Å². The van der Waals surface area contributed by atoms with E-state index < -0.39 is 15.1 Å². The fraction of sp³-hybridized carbons (Fsp3) is 0.500. The van der Waals surface area contributed by atoms with Gasteiger partial charge in [-0.2, -0.15) is 0 Å². The highest BCUT2D eigenvalue weighted by Crippen LogP contribution is 2.49. The molecule has 2 unspecified atom stereocenters. The molecule has 2 atom stereocenters. The number of amidine groups is 1. The van der Waals surface area contributed by atoms with Crippen LogP contribution in [-0.2, 0) is 9.84 Å². The second-order valence-electron chi connectivity index (χ2n) is 5.73. The van der Waals surface area contributed by atoms with Gasteiger partial charge in [-0.3, -0.25) is 4.99 Å². The maximum atomic E-state index is 13.6. The van der Waals surface area contributed by atoms with Gasteiger partial charge in [0.25, 0.3) is 0 Å². The van der Waals surface area contributed by atoms with Crippen molar-refractivity contribution in [2.24, 2.45) is 4.99 Å². The maximum Gasteiger partial charge on any atom is 0.159 e. The third-order valence-corrected chi connectivity index (χ3v) is 6.65. The number of sulfone groups is 1. The number of fused-ring (bicyclic) bond motifs is 3. The van der Waals surface area contributed by atoms with Gasteiger partial charge in [0.15, 0.2) is 9.84 Å². The van der Waals surface area contributed by atoms with Crippen molar-refractivity contribution < 1.29 is 12.8 Å². The van der Waals surface area contributed by atoms with E-state index in [4.69, 9.17) is 0 Å². The van der Waals surface area contributed by atoms with E-state index in [9.17, 15) is 12.8 Å². The molecule has 0 aliphatic carbocycles. The van der Waals surface area contributed by atoms with Crippen LogP contribution in [0.2, 0.25) is 0 Å². The molecule has 7 heteroatoms. The first-order valence-electron chi connectivity index (χ1n) is 7.11. The smallest absolute Gasteiger partial charge is 0.159 e. The molecule has 0 bridgehead atoms. The van der Waals surface area contributed by atoms with Crippen molar-refractivity contribution in [2.45, 2.75) is 17.7 Å². The second-order valence-corrected chi connectivity index (χ2v) is 7.97. The van der Waals surface area contributed by atoms with Gasteiger partial charge in [-0.25, -0.2) is 12.8 Å². The number of nitrogens with zero attached hydrogens (tertiary/aromatic N) is 2. The fourth-order valence-electron chi connectivity index (χ4n) is 3.63. The Morgan fingerprint density at radius 2 is 2.29 bits per heavy atom. The minimum absolute atomic E-state index is 0.100. The quantitative estimate of drug-likeness (QED) is 0.881. The number of hydrogen-bond donors (Lipinski definition) is 1. The molecule has 3 heterocycles. The highest BCUT2D eigenvalue weighted by atomic mass is 32.2. The van der Waals surface area contributed by atoms with Crippen molar-refractivity contribution in [3.63, 3.8) is 0 Å². The van der Waals surface area contributed by atoms with E-state index in [1.165, 1.54) is 12.1 Å². The molecule has 0 saturated carbocycles. The Labute approximate surface area is 122 Å². The average Bonchev–Trinajstić information content (AvgIpc) is 3.10. The number of anilines is 1. The monoisotopic (exact) mass is 309 g/mol. The summed E-state index contributed by atoms with van der Waals surface area (Å²) in [6, 6.07) is 4.36. The number of hydrogen-bond acceptors (Lipinski definition) is 5. The van der Waals surface area contributed by atoms with Gasteiger partial charge in [0.05, 0.1) is 24.9 Å².